The van der Waals surface area contributed by atoms with Gasteiger partial charge in [-0.05, 0) is 32.3 Å². The Hall–Kier alpha value is -1.28. The molecule has 0 aliphatic heterocycles. The standard InChI is InChI=1S/C13H15NO/c1-8-9(2)15-12-10(8)4-3-5-11(12)13(14)6-7-13/h3-5H,6-7,14H2,1-2H3. The van der Waals surface area contributed by atoms with Crippen molar-refractivity contribution in [2.75, 3.05) is 0 Å². The SMILES string of the molecule is Cc1oc2c(C3(N)CC3)cccc2c1C. The van der Waals surface area contributed by atoms with Gasteiger partial charge in [-0.3, -0.25) is 0 Å². The van der Waals surface area contributed by atoms with Crippen molar-refractivity contribution in [3.63, 3.8) is 0 Å². The smallest absolute Gasteiger partial charge is 0.139 e. The van der Waals surface area contributed by atoms with Crippen LogP contribution < -0.4 is 5.73 Å². The van der Waals surface area contributed by atoms with E-state index in [1.54, 1.807) is 0 Å². The van der Waals surface area contributed by atoms with Crippen LogP contribution in [0, 0.1) is 13.8 Å². The van der Waals surface area contributed by atoms with Gasteiger partial charge in [-0.1, -0.05) is 18.2 Å². The maximum atomic E-state index is 6.23. The van der Waals surface area contributed by atoms with Crippen molar-refractivity contribution < 1.29 is 4.42 Å². The zero-order valence-corrected chi connectivity index (χ0v) is 9.13. The lowest BCUT2D eigenvalue weighted by atomic mass is 10.0. The molecule has 1 aliphatic carbocycles. The number of fused-ring (bicyclic) bond motifs is 1. The molecule has 1 aliphatic rings. The molecule has 1 aromatic heterocycles. The zero-order valence-electron chi connectivity index (χ0n) is 9.13. The lowest BCUT2D eigenvalue weighted by molar-refractivity contribution is 0.564. The predicted molar refractivity (Wildman–Crippen MR) is 60.8 cm³/mol. The summed E-state index contributed by atoms with van der Waals surface area (Å²) >= 11 is 0. The van der Waals surface area contributed by atoms with Gasteiger partial charge in [0.1, 0.15) is 11.3 Å². The van der Waals surface area contributed by atoms with Crippen molar-refractivity contribution in [2.24, 2.45) is 5.73 Å². The molecule has 2 heteroatoms. The average Bonchev–Trinajstić information content (AvgIpc) is 2.90. The van der Waals surface area contributed by atoms with E-state index in [9.17, 15) is 0 Å². The molecular weight excluding hydrogens is 186 g/mol. The molecule has 2 N–H and O–H groups in total. The summed E-state index contributed by atoms with van der Waals surface area (Å²) in [5.41, 5.74) is 9.52. The van der Waals surface area contributed by atoms with Crippen molar-refractivity contribution >= 4 is 11.0 Å². The lowest BCUT2D eigenvalue weighted by Crippen LogP contribution is -2.18. The molecule has 0 atom stereocenters. The molecule has 1 fully saturated rings. The summed E-state index contributed by atoms with van der Waals surface area (Å²) in [6, 6.07) is 6.28. The van der Waals surface area contributed by atoms with Crippen molar-refractivity contribution in [2.45, 2.75) is 32.2 Å². The van der Waals surface area contributed by atoms with Gasteiger partial charge in [-0.2, -0.15) is 0 Å². The Morgan fingerprint density at radius 2 is 2.00 bits per heavy atom. The zero-order chi connectivity index (χ0) is 10.6. The van der Waals surface area contributed by atoms with E-state index in [-0.39, 0.29) is 5.54 Å². The second-order valence-electron chi connectivity index (χ2n) is 4.62. The van der Waals surface area contributed by atoms with E-state index >= 15 is 0 Å². The fourth-order valence-electron chi connectivity index (χ4n) is 2.16. The number of aryl methyl sites for hydroxylation is 2. The summed E-state index contributed by atoms with van der Waals surface area (Å²) in [5.74, 6) is 1.00. The fourth-order valence-corrected chi connectivity index (χ4v) is 2.16. The Bertz CT molecular complexity index is 535. The number of benzene rings is 1. The highest BCUT2D eigenvalue weighted by Crippen LogP contribution is 2.46. The normalized spacial score (nSPS) is 18.3. The highest BCUT2D eigenvalue weighted by Gasteiger charge is 2.42. The number of para-hydroxylation sites is 1. The predicted octanol–water partition coefficient (Wildman–Crippen LogP) is 3.00. The van der Waals surface area contributed by atoms with Crippen LogP contribution in [0.5, 0.6) is 0 Å². The monoisotopic (exact) mass is 201 g/mol. The van der Waals surface area contributed by atoms with E-state index in [4.69, 9.17) is 10.2 Å². The molecule has 2 aromatic rings. The van der Waals surface area contributed by atoms with Gasteiger partial charge >= 0.3 is 0 Å². The number of nitrogens with two attached hydrogens (primary N) is 1. The minimum absolute atomic E-state index is 0.115. The van der Waals surface area contributed by atoms with Crippen molar-refractivity contribution in [3.8, 4) is 0 Å². The van der Waals surface area contributed by atoms with Crippen LogP contribution in [0.2, 0.25) is 0 Å². The third kappa shape index (κ3) is 1.15. The Labute approximate surface area is 89.1 Å². The van der Waals surface area contributed by atoms with Gasteiger partial charge in [0.15, 0.2) is 0 Å². The molecular formula is C13H15NO. The molecule has 1 aromatic carbocycles. The van der Waals surface area contributed by atoms with Gasteiger partial charge in [0.05, 0.1) is 0 Å². The Morgan fingerprint density at radius 1 is 1.27 bits per heavy atom. The molecule has 0 unspecified atom stereocenters. The summed E-state index contributed by atoms with van der Waals surface area (Å²) in [5, 5.41) is 1.21. The quantitative estimate of drug-likeness (QED) is 0.770. The third-order valence-electron chi connectivity index (χ3n) is 3.53. The Morgan fingerprint density at radius 3 is 2.67 bits per heavy atom. The van der Waals surface area contributed by atoms with Gasteiger partial charge in [0.25, 0.3) is 0 Å². The second kappa shape index (κ2) is 2.64. The van der Waals surface area contributed by atoms with Crippen LogP contribution in [0.15, 0.2) is 22.6 Å². The van der Waals surface area contributed by atoms with Crippen molar-refractivity contribution in [3.05, 3.63) is 35.1 Å². The number of hydrogen-bond acceptors (Lipinski definition) is 2. The molecule has 3 rings (SSSR count). The van der Waals surface area contributed by atoms with Crippen molar-refractivity contribution in [1.29, 1.82) is 0 Å². The van der Waals surface area contributed by atoms with Gasteiger partial charge in [-0.25, -0.2) is 0 Å². The Kier molecular flexibility index (Phi) is 1.58. The van der Waals surface area contributed by atoms with Crippen LogP contribution in [0.25, 0.3) is 11.0 Å². The van der Waals surface area contributed by atoms with Crippen LogP contribution in [0.1, 0.15) is 29.7 Å². The topological polar surface area (TPSA) is 39.2 Å². The van der Waals surface area contributed by atoms with Crippen LogP contribution in [-0.2, 0) is 5.54 Å². The van der Waals surface area contributed by atoms with Gasteiger partial charge in [-0.15, -0.1) is 0 Å². The molecule has 1 heterocycles. The van der Waals surface area contributed by atoms with Crippen LogP contribution >= 0.6 is 0 Å². The van der Waals surface area contributed by atoms with Crippen molar-refractivity contribution in [1.82, 2.24) is 0 Å². The first kappa shape index (κ1) is 8.98. The highest BCUT2D eigenvalue weighted by molar-refractivity contribution is 5.85. The minimum atomic E-state index is -0.115. The first-order valence-corrected chi connectivity index (χ1v) is 5.40. The molecule has 0 saturated heterocycles. The molecule has 0 bridgehead atoms. The van der Waals surface area contributed by atoms with Crippen LogP contribution in [0.4, 0.5) is 0 Å². The highest BCUT2D eigenvalue weighted by atomic mass is 16.3. The molecule has 2 nitrogen and oxygen atoms in total. The largest absolute Gasteiger partial charge is 0.461 e. The molecule has 78 valence electrons. The third-order valence-corrected chi connectivity index (χ3v) is 3.53. The second-order valence-corrected chi connectivity index (χ2v) is 4.62. The van der Waals surface area contributed by atoms with Gasteiger partial charge in [0.2, 0.25) is 0 Å². The summed E-state index contributed by atoms with van der Waals surface area (Å²) < 4.78 is 5.82. The molecule has 0 spiro atoms. The van der Waals surface area contributed by atoms with Gasteiger partial charge < -0.3 is 10.2 Å². The summed E-state index contributed by atoms with van der Waals surface area (Å²) in [6.45, 7) is 4.11. The van der Waals surface area contributed by atoms with E-state index in [0.29, 0.717) is 0 Å². The number of rotatable bonds is 1. The first-order valence-electron chi connectivity index (χ1n) is 5.40. The van der Waals surface area contributed by atoms with E-state index in [0.717, 1.165) is 24.2 Å². The van der Waals surface area contributed by atoms with Crippen LogP contribution in [0.3, 0.4) is 0 Å². The van der Waals surface area contributed by atoms with E-state index in [2.05, 4.69) is 25.1 Å². The maximum Gasteiger partial charge on any atom is 0.139 e. The number of hydrogen-bond donors (Lipinski definition) is 1. The summed E-state index contributed by atoms with van der Waals surface area (Å²) in [7, 11) is 0. The number of furan rings is 1. The lowest BCUT2D eigenvalue weighted by Gasteiger charge is -2.08. The molecule has 0 radical (unpaired) electrons. The first-order chi connectivity index (χ1) is 7.12. The Balaban J connectivity index is 2.36. The average molecular weight is 201 g/mol. The van der Waals surface area contributed by atoms with E-state index in [1.807, 2.05) is 6.92 Å². The maximum absolute atomic E-state index is 6.23. The molecule has 0 amide bonds. The fraction of sp³-hybridized carbons (Fsp3) is 0.385. The van der Waals surface area contributed by atoms with E-state index in [1.165, 1.54) is 16.5 Å². The molecule has 15 heavy (non-hydrogen) atoms. The molecule has 1 saturated carbocycles. The minimum Gasteiger partial charge on any atom is -0.461 e. The summed E-state index contributed by atoms with van der Waals surface area (Å²) in [4.78, 5) is 0. The van der Waals surface area contributed by atoms with Crippen LogP contribution in [-0.4, -0.2) is 0 Å². The van der Waals surface area contributed by atoms with Gasteiger partial charge in [0, 0.05) is 16.5 Å². The van der Waals surface area contributed by atoms with E-state index < -0.39 is 0 Å². The summed E-state index contributed by atoms with van der Waals surface area (Å²) in [6.07, 6.45) is 2.15.